The van der Waals surface area contributed by atoms with Crippen LogP contribution in [0.5, 0.6) is 5.75 Å². The molecule has 0 spiro atoms. The molecule has 1 aliphatic heterocycles. The number of carbonyl (C=O) groups is 1. The highest BCUT2D eigenvalue weighted by Gasteiger charge is 2.25. The van der Waals surface area contributed by atoms with Crippen molar-refractivity contribution >= 4 is 17.9 Å². The van der Waals surface area contributed by atoms with Crippen molar-refractivity contribution < 1.29 is 9.53 Å². The molecule has 1 aliphatic rings. The molecule has 1 fully saturated rings. The molecule has 33 heavy (non-hydrogen) atoms. The van der Waals surface area contributed by atoms with Crippen LogP contribution >= 0.6 is 0 Å². The lowest BCUT2D eigenvalue weighted by Gasteiger charge is -2.34. The van der Waals surface area contributed by atoms with Gasteiger partial charge in [-0.05, 0) is 61.9 Å². The molecular weight excluding hydrogens is 416 g/mol. The zero-order valence-corrected chi connectivity index (χ0v) is 19.0. The van der Waals surface area contributed by atoms with Crippen molar-refractivity contribution in [3.8, 4) is 17.5 Å². The third-order valence-corrected chi connectivity index (χ3v) is 5.85. The number of rotatable bonds is 5. The fraction of sp³-hybridized carbons (Fsp3) is 0.280. The fourth-order valence-corrected chi connectivity index (χ4v) is 4.09. The van der Waals surface area contributed by atoms with Crippen LogP contribution in [0.25, 0.3) is 11.8 Å². The summed E-state index contributed by atoms with van der Waals surface area (Å²) in [6.07, 6.45) is 5.11. The molecule has 8 heteroatoms. The predicted octanol–water partition coefficient (Wildman–Crippen LogP) is 3.15. The normalized spacial score (nSPS) is 14.2. The molecular formula is C25H26N6O2. The molecule has 168 valence electrons. The van der Waals surface area contributed by atoms with E-state index in [1.165, 1.54) is 0 Å². The molecule has 0 saturated carbocycles. The van der Waals surface area contributed by atoms with Crippen molar-refractivity contribution in [3.05, 3.63) is 71.3 Å². The van der Waals surface area contributed by atoms with Crippen LogP contribution < -0.4 is 9.64 Å². The molecule has 0 unspecified atom stereocenters. The summed E-state index contributed by atoms with van der Waals surface area (Å²) >= 11 is 0. The minimum Gasteiger partial charge on any atom is -0.497 e. The van der Waals surface area contributed by atoms with E-state index in [4.69, 9.17) is 4.74 Å². The van der Waals surface area contributed by atoms with Crippen LogP contribution in [-0.2, 0) is 4.79 Å². The Labute approximate surface area is 193 Å². The molecule has 1 saturated heterocycles. The van der Waals surface area contributed by atoms with E-state index >= 15 is 0 Å². The van der Waals surface area contributed by atoms with Crippen LogP contribution in [0.3, 0.4) is 0 Å². The lowest BCUT2D eigenvalue weighted by atomic mass is 10.1. The Hall–Kier alpha value is -4.12. The zero-order chi connectivity index (χ0) is 23.4. The molecule has 8 nitrogen and oxygen atoms in total. The number of benzene rings is 1. The van der Waals surface area contributed by atoms with Crippen LogP contribution in [-0.4, -0.2) is 58.6 Å². The van der Waals surface area contributed by atoms with Gasteiger partial charge in [0.1, 0.15) is 17.4 Å². The molecule has 3 aromatic rings. The van der Waals surface area contributed by atoms with Crippen LogP contribution in [0.2, 0.25) is 0 Å². The number of nitriles is 1. The summed E-state index contributed by atoms with van der Waals surface area (Å²) in [6.45, 7) is 6.28. The van der Waals surface area contributed by atoms with Gasteiger partial charge in [0.25, 0.3) is 5.91 Å². The minimum absolute atomic E-state index is 0.134. The van der Waals surface area contributed by atoms with Gasteiger partial charge < -0.3 is 19.1 Å². The van der Waals surface area contributed by atoms with Gasteiger partial charge in [-0.25, -0.2) is 9.97 Å². The van der Waals surface area contributed by atoms with E-state index < -0.39 is 0 Å². The maximum absolute atomic E-state index is 13.1. The summed E-state index contributed by atoms with van der Waals surface area (Å²) < 4.78 is 7.35. The second kappa shape index (κ2) is 9.57. The van der Waals surface area contributed by atoms with Crippen molar-refractivity contribution in [3.63, 3.8) is 0 Å². The lowest BCUT2D eigenvalue weighted by molar-refractivity contribution is -0.126. The van der Waals surface area contributed by atoms with Gasteiger partial charge in [0, 0.05) is 55.6 Å². The Morgan fingerprint density at radius 1 is 1.09 bits per heavy atom. The lowest BCUT2D eigenvalue weighted by Crippen LogP contribution is -2.49. The number of hydrogen-bond donors (Lipinski definition) is 0. The van der Waals surface area contributed by atoms with Crippen LogP contribution in [0, 0.1) is 25.2 Å². The number of amides is 1. The van der Waals surface area contributed by atoms with Crippen molar-refractivity contribution in [2.45, 2.75) is 13.8 Å². The summed E-state index contributed by atoms with van der Waals surface area (Å²) in [7, 11) is 1.64. The number of ether oxygens (including phenoxy) is 1. The highest BCUT2D eigenvalue weighted by atomic mass is 16.5. The van der Waals surface area contributed by atoms with Gasteiger partial charge in [0.2, 0.25) is 5.95 Å². The third-order valence-electron chi connectivity index (χ3n) is 5.85. The van der Waals surface area contributed by atoms with E-state index in [2.05, 4.69) is 20.6 Å². The zero-order valence-electron chi connectivity index (χ0n) is 19.0. The first-order valence-electron chi connectivity index (χ1n) is 10.8. The average molecular weight is 443 g/mol. The van der Waals surface area contributed by atoms with E-state index in [1.54, 1.807) is 36.5 Å². The minimum atomic E-state index is -0.250. The molecule has 0 radical (unpaired) electrons. The van der Waals surface area contributed by atoms with Gasteiger partial charge in [-0.2, -0.15) is 5.26 Å². The monoisotopic (exact) mass is 442 g/mol. The van der Waals surface area contributed by atoms with E-state index in [-0.39, 0.29) is 11.5 Å². The Bertz CT molecular complexity index is 1200. The largest absolute Gasteiger partial charge is 0.497 e. The first-order valence-corrected chi connectivity index (χ1v) is 10.8. The smallest absolute Gasteiger partial charge is 0.264 e. The average Bonchev–Trinajstić information content (AvgIpc) is 3.15. The quantitative estimate of drug-likeness (QED) is 0.446. The SMILES string of the molecule is COc1ccc(-n2c(C)cc(/C=C(\C#N)C(=O)N3CCN(c4ncccn4)CC3)c2C)cc1. The van der Waals surface area contributed by atoms with Gasteiger partial charge in [0.05, 0.1) is 7.11 Å². The van der Waals surface area contributed by atoms with Gasteiger partial charge >= 0.3 is 0 Å². The molecule has 1 amide bonds. The van der Waals surface area contributed by atoms with Crippen molar-refractivity contribution in [1.29, 1.82) is 5.26 Å². The van der Waals surface area contributed by atoms with Gasteiger partial charge in [-0.15, -0.1) is 0 Å². The van der Waals surface area contributed by atoms with E-state index in [1.807, 2.05) is 49.1 Å². The summed E-state index contributed by atoms with van der Waals surface area (Å²) in [5.74, 6) is 1.20. The molecule has 4 rings (SSSR count). The second-order valence-corrected chi connectivity index (χ2v) is 7.86. The van der Waals surface area contributed by atoms with Gasteiger partial charge in [0.15, 0.2) is 0 Å². The van der Waals surface area contributed by atoms with Crippen molar-refractivity contribution in [1.82, 2.24) is 19.4 Å². The molecule has 0 atom stereocenters. The summed E-state index contributed by atoms with van der Waals surface area (Å²) in [6, 6.07) is 13.7. The summed E-state index contributed by atoms with van der Waals surface area (Å²) in [4.78, 5) is 25.4. The maximum Gasteiger partial charge on any atom is 0.264 e. The van der Waals surface area contributed by atoms with Crippen LogP contribution in [0.4, 0.5) is 5.95 Å². The number of anilines is 1. The molecule has 0 aliphatic carbocycles. The Balaban J connectivity index is 1.52. The Morgan fingerprint density at radius 3 is 2.36 bits per heavy atom. The first-order chi connectivity index (χ1) is 16.0. The number of hydrogen-bond acceptors (Lipinski definition) is 6. The third kappa shape index (κ3) is 4.58. The number of aryl methyl sites for hydroxylation is 1. The predicted molar refractivity (Wildman–Crippen MR) is 126 cm³/mol. The summed E-state index contributed by atoms with van der Waals surface area (Å²) in [5.41, 5.74) is 3.96. The highest BCUT2D eigenvalue weighted by Crippen LogP contribution is 2.25. The molecule has 0 N–H and O–H groups in total. The Kier molecular flexibility index (Phi) is 6.41. The number of nitrogens with zero attached hydrogens (tertiary/aromatic N) is 6. The number of piperazine rings is 1. The number of aromatic nitrogens is 3. The number of methoxy groups -OCH3 is 1. The van der Waals surface area contributed by atoms with E-state index in [9.17, 15) is 10.1 Å². The maximum atomic E-state index is 13.1. The summed E-state index contributed by atoms with van der Waals surface area (Å²) in [5, 5.41) is 9.74. The highest BCUT2D eigenvalue weighted by molar-refractivity contribution is 6.02. The molecule has 3 heterocycles. The molecule has 1 aromatic carbocycles. The van der Waals surface area contributed by atoms with Gasteiger partial charge in [-0.1, -0.05) is 0 Å². The molecule has 0 bridgehead atoms. The van der Waals surface area contributed by atoms with Crippen molar-refractivity contribution in [2.24, 2.45) is 0 Å². The topological polar surface area (TPSA) is 87.3 Å². The van der Waals surface area contributed by atoms with Gasteiger partial charge in [-0.3, -0.25) is 4.79 Å². The Morgan fingerprint density at radius 2 is 1.76 bits per heavy atom. The van der Waals surface area contributed by atoms with Crippen LogP contribution in [0.15, 0.2) is 54.4 Å². The standard InChI is InChI=1S/C25H26N6O2/c1-18-15-20(19(2)31(18)22-5-7-23(33-3)8-6-22)16-21(17-26)24(32)29-11-13-30(14-12-29)25-27-9-4-10-28-25/h4-10,15-16H,11-14H2,1-3H3/b21-16+. The fourth-order valence-electron chi connectivity index (χ4n) is 4.09. The van der Waals surface area contributed by atoms with E-state index in [0.717, 1.165) is 28.4 Å². The first kappa shape index (κ1) is 22.1. The van der Waals surface area contributed by atoms with Crippen molar-refractivity contribution in [2.75, 3.05) is 38.2 Å². The van der Waals surface area contributed by atoms with Crippen LogP contribution in [0.1, 0.15) is 17.0 Å². The molecule has 2 aromatic heterocycles. The number of carbonyl (C=O) groups excluding carboxylic acids is 1. The van der Waals surface area contributed by atoms with E-state index in [0.29, 0.717) is 32.1 Å². The second-order valence-electron chi connectivity index (χ2n) is 7.86.